The van der Waals surface area contributed by atoms with Gasteiger partial charge in [0.15, 0.2) is 0 Å². The molecule has 0 heterocycles. The van der Waals surface area contributed by atoms with Crippen LogP contribution in [0.5, 0.6) is 0 Å². The molecule has 0 radical (unpaired) electrons. The highest BCUT2D eigenvalue weighted by Gasteiger charge is 2.16. The summed E-state index contributed by atoms with van der Waals surface area (Å²) < 4.78 is 13.0. The lowest BCUT2D eigenvalue weighted by Crippen LogP contribution is -2.22. The van der Waals surface area contributed by atoms with Crippen molar-refractivity contribution in [2.24, 2.45) is 0 Å². The molecule has 4 nitrogen and oxygen atoms in total. The third-order valence-electron chi connectivity index (χ3n) is 4.07. The van der Waals surface area contributed by atoms with E-state index < -0.39 is 11.1 Å². The number of thioether (sulfide) groups is 1. The van der Waals surface area contributed by atoms with Gasteiger partial charge < -0.3 is 10.6 Å². The lowest BCUT2D eigenvalue weighted by Gasteiger charge is -2.14. The molecule has 1 atom stereocenters. The molecular weight excluding hydrogens is 446 g/mol. The fraction of sp³-hybridized carbons (Fsp3) is 0.0909. The highest BCUT2D eigenvalue weighted by atomic mass is 35.5. The molecule has 0 aliphatic carbocycles. The normalized spacial score (nSPS) is 11.6. The average Bonchev–Trinajstić information content (AvgIpc) is 2.71. The van der Waals surface area contributed by atoms with E-state index in [0.29, 0.717) is 27.0 Å². The van der Waals surface area contributed by atoms with E-state index in [4.69, 9.17) is 23.2 Å². The maximum atomic E-state index is 13.0. The van der Waals surface area contributed by atoms with Crippen LogP contribution in [0.2, 0.25) is 10.0 Å². The van der Waals surface area contributed by atoms with Crippen LogP contribution in [-0.4, -0.2) is 17.1 Å². The van der Waals surface area contributed by atoms with Gasteiger partial charge in [0.25, 0.3) is 5.91 Å². The Balaban J connectivity index is 1.64. The van der Waals surface area contributed by atoms with Crippen LogP contribution in [-0.2, 0) is 4.79 Å². The maximum absolute atomic E-state index is 13.0. The molecule has 2 N–H and O–H groups in total. The first-order valence-corrected chi connectivity index (χ1v) is 10.5. The van der Waals surface area contributed by atoms with Crippen molar-refractivity contribution in [3.63, 3.8) is 0 Å². The quantitative estimate of drug-likeness (QED) is 0.410. The number of hydrogen-bond acceptors (Lipinski definition) is 3. The second-order valence-electron chi connectivity index (χ2n) is 6.36. The number of anilines is 2. The van der Waals surface area contributed by atoms with Crippen LogP contribution in [0.15, 0.2) is 71.6 Å². The van der Waals surface area contributed by atoms with E-state index >= 15 is 0 Å². The predicted octanol–water partition coefficient (Wildman–Crippen LogP) is 6.50. The highest BCUT2D eigenvalue weighted by molar-refractivity contribution is 8.00. The van der Waals surface area contributed by atoms with E-state index in [9.17, 15) is 14.0 Å². The van der Waals surface area contributed by atoms with Crippen molar-refractivity contribution in [3.8, 4) is 0 Å². The first kappa shape index (κ1) is 22.2. The van der Waals surface area contributed by atoms with Crippen molar-refractivity contribution in [1.29, 1.82) is 0 Å². The minimum absolute atomic E-state index is 0.232. The summed E-state index contributed by atoms with van der Waals surface area (Å²) in [6.45, 7) is 1.77. The van der Waals surface area contributed by atoms with E-state index in [-0.39, 0.29) is 11.8 Å². The molecule has 3 aromatic carbocycles. The molecule has 0 saturated carbocycles. The summed E-state index contributed by atoms with van der Waals surface area (Å²) in [6.07, 6.45) is 0. The minimum Gasteiger partial charge on any atom is -0.324 e. The molecule has 0 spiro atoms. The Hall–Kier alpha value is -2.54. The molecule has 0 aromatic heterocycles. The lowest BCUT2D eigenvalue weighted by atomic mass is 10.2. The van der Waals surface area contributed by atoms with Gasteiger partial charge in [-0.3, -0.25) is 9.59 Å². The SMILES string of the molecule is CC(Sc1cccc(NC(=O)c2ccc(F)cc2)c1)C(=O)Nc1cc(Cl)ccc1Cl. The molecule has 3 aromatic rings. The number of halogens is 3. The Kier molecular flexibility index (Phi) is 7.37. The van der Waals surface area contributed by atoms with Gasteiger partial charge in [0, 0.05) is 21.2 Å². The van der Waals surface area contributed by atoms with E-state index in [1.807, 2.05) is 6.07 Å². The van der Waals surface area contributed by atoms with Crippen molar-refractivity contribution in [1.82, 2.24) is 0 Å². The molecule has 0 fully saturated rings. The molecule has 8 heteroatoms. The third-order valence-corrected chi connectivity index (χ3v) is 5.73. The monoisotopic (exact) mass is 462 g/mol. The Morgan fingerprint density at radius 3 is 2.43 bits per heavy atom. The smallest absolute Gasteiger partial charge is 0.255 e. The van der Waals surface area contributed by atoms with Crippen LogP contribution in [0, 0.1) is 5.82 Å². The Morgan fingerprint density at radius 1 is 0.967 bits per heavy atom. The van der Waals surface area contributed by atoms with Gasteiger partial charge in [-0.1, -0.05) is 29.3 Å². The highest BCUT2D eigenvalue weighted by Crippen LogP contribution is 2.29. The first-order valence-electron chi connectivity index (χ1n) is 8.91. The molecule has 30 heavy (non-hydrogen) atoms. The fourth-order valence-electron chi connectivity index (χ4n) is 2.54. The van der Waals surface area contributed by atoms with Crippen LogP contribution in [0.3, 0.4) is 0 Å². The summed E-state index contributed by atoms with van der Waals surface area (Å²) in [5.41, 5.74) is 1.36. The largest absolute Gasteiger partial charge is 0.324 e. The third kappa shape index (κ3) is 5.98. The summed E-state index contributed by atoms with van der Waals surface area (Å²) in [6, 6.07) is 17.3. The summed E-state index contributed by atoms with van der Waals surface area (Å²) in [4.78, 5) is 25.6. The summed E-state index contributed by atoms with van der Waals surface area (Å²) >= 11 is 13.4. The molecule has 154 valence electrons. The summed E-state index contributed by atoms with van der Waals surface area (Å²) in [5, 5.41) is 5.98. The minimum atomic E-state index is -0.428. The summed E-state index contributed by atoms with van der Waals surface area (Å²) in [5.74, 6) is -0.986. The average molecular weight is 463 g/mol. The van der Waals surface area contributed by atoms with Crippen molar-refractivity contribution < 1.29 is 14.0 Å². The number of hydrogen-bond donors (Lipinski definition) is 2. The van der Waals surface area contributed by atoms with Crippen LogP contribution >= 0.6 is 35.0 Å². The first-order chi connectivity index (χ1) is 14.3. The lowest BCUT2D eigenvalue weighted by molar-refractivity contribution is -0.115. The number of carbonyl (C=O) groups is 2. The van der Waals surface area contributed by atoms with Gasteiger partial charge in [0.1, 0.15) is 5.82 Å². The van der Waals surface area contributed by atoms with Gasteiger partial charge >= 0.3 is 0 Å². The Morgan fingerprint density at radius 2 is 1.70 bits per heavy atom. The van der Waals surface area contributed by atoms with Gasteiger partial charge in [-0.05, 0) is 67.6 Å². The number of carbonyl (C=O) groups excluding carboxylic acids is 2. The van der Waals surface area contributed by atoms with E-state index in [2.05, 4.69) is 10.6 Å². The predicted molar refractivity (Wildman–Crippen MR) is 121 cm³/mol. The molecule has 2 amide bonds. The van der Waals surface area contributed by atoms with Crippen molar-refractivity contribution in [2.75, 3.05) is 10.6 Å². The molecular formula is C22H17Cl2FN2O2S. The number of rotatable bonds is 6. The number of nitrogens with one attached hydrogen (secondary N) is 2. The zero-order chi connectivity index (χ0) is 21.7. The molecule has 0 saturated heterocycles. The Bertz CT molecular complexity index is 1080. The van der Waals surface area contributed by atoms with E-state index in [0.717, 1.165) is 4.90 Å². The number of amides is 2. The fourth-order valence-corrected chi connectivity index (χ4v) is 3.80. The standard InChI is InChI=1S/C22H17Cl2FN2O2S/c1-13(21(28)27-20-11-15(23)7-10-19(20)24)30-18-4-2-3-17(12-18)26-22(29)14-5-8-16(25)9-6-14/h2-13H,1H3,(H,26,29)(H,27,28). The zero-order valence-corrected chi connectivity index (χ0v) is 18.1. The van der Waals surface area contributed by atoms with Gasteiger partial charge in [-0.25, -0.2) is 4.39 Å². The van der Waals surface area contributed by atoms with Gasteiger partial charge in [-0.15, -0.1) is 11.8 Å². The van der Waals surface area contributed by atoms with E-state index in [1.165, 1.54) is 36.0 Å². The molecule has 0 aliphatic rings. The number of benzene rings is 3. The van der Waals surface area contributed by atoms with Gasteiger partial charge in [0.2, 0.25) is 5.91 Å². The summed E-state index contributed by atoms with van der Waals surface area (Å²) in [7, 11) is 0. The van der Waals surface area contributed by atoms with Crippen LogP contribution in [0.25, 0.3) is 0 Å². The van der Waals surface area contributed by atoms with E-state index in [1.54, 1.807) is 43.3 Å². The molecule has 0 aliphatic heterocycles. The zero-order valence-electron chi connectivity index (χ0n) is 15.8. The van der Waals surface area contributed by atoms with Crippen LogP contribution < -0.4 is 10.6 Å². The van der Waals surface area contributed by atoms with Crippen molar-refractivity contribution >= 4 is 58.2 Å². The molecule has 0 bridgehead atoms. The Labute approximate surface area is 187 Å². The van der Waals surface area contributed by atoms with Gasteiger partial charge in [0.05, 0.1) is 16.0 Å². The second-order valence-corrected chi connectivity index (χ2v) is 8.62. The topological polar surface area (TPSA) is 58.2 Å². The molecule has 3 rings (SSSR count). The van der Waals surface area contributed by atoms with Gasteiger partial charge in [-0.2, -0.15) is 0 Å². The van der Waals surface area contributed by atoms with Crippen molar-refractivity contribution in [3.05, 3.63) is 88.2 Å². The van der Waals surface area contributed by atoms with Crippen LogP contribution in [0.4, 0.5) is 15.8 Å². The molecule has 1 unspecified atom stereocenters. The van der Waals surface area contributed by atoms with Crippen molar-refractivity contribution in [2.45, 2.75) is 17.1 Å². The second kappa shape index (κ2) is 9.98. The maximum Gasteiger partial charge on any atom is 0.255 e. The van der Waals surface area contributed by atoms with Crippen LogP contribution in [0.1, 0.15) is 17.3 Å².